The van der Waals surface area contributed by atoms with E-state index in [1.807, 2.05) is 17.8 Å². The molecule has 0 unspecified atom stereocenters. The molecule has 0 aliphatic rings. The highest BCUT2D eigenvalue weighted by molar-refractivity contribution is 5.72. The Bertz CT molecular complexity index is 282. The van der Waals surface area contributed by atoms with E-state index >= 15 is 0 Å². The van der Waals surface area contributed by atoms with E-state index in [1.165, 1.54) is 0 Å². The van der Waals surface area contributed by atoms with Gasteiger partial charge in [-0.3, -0.25) is 4.79 Å². The first kappa shape index (κ1) is 8.73. The SMILES string of the molecule is C[n+]1ccn(C[C@H](N)C(=O)O)c1. The van der Waals surface area contributed by atoms with E-state index in [0.29, 0.717) is 6.54 Å². The Kier molecular flexibility index (Phi) is 2.44. The predicted octanol–water partition coefficient (Wildman–Crippen LogP) is -1.28. The molecule has 12 heavy (non-hydrogen) atoms. The van der Waals surface area contributed by atoms with Crippen LogP contribution in [0.2, 0.25) is 0 Å². The van der Waals surface area contributed by atoms with Gasteiger partial charge in [-0.05, 0) is 0 Å². The molecule has 0 radical (unpaired) electrons. The Balaban J connectivity index is 2.58. The molecule has 0 saturated carbocycles. The molecule has 1 aromatic rings. The Labute approximate surface area is 70.0 Å². The molecular weight excluding hydrogens is 158 g/mol. The van der Waals surface area contributed by atoms with Crippen molar-refractivity contribution in [2.24, 2.45) is 12.8 Å². The summed E-state index contributed by atoms with van der Waals surface area (Å²) >= 11 is 0. The summed E-state index contributed by atoms with van der Waals surface area (Å²) in [5.74, 6) is -0.980. The van der Waals surface area contributed by atoms with Gasteiger partial charge in [0.05, 0.1) is 7.05 Å². The largest absolute Gasteiger partial charge is 0.480 e. The molecule has 1 rings (SSSR count). The number of aliphatic carboxylic acids is 1. The van der Waals surface area contributed by atoms with Crippen molar-refractivity contribution in [2.75, 3.05) is 0 Å². The van der Waals surface area contributed by atoms with Gasteiger partial charge in [-0.15, -0.1) is 0 Å². The van der Waals surface area contributed by atoms with Crippen molar-refractivity contribution in [3.63, 3.8) is 0 Å². The van der Waals surface area contributed by atoms with Crippen molar-refractivity contribution < 1.29 is 14.5 Å². The molecule has 0 amide bonds. The second-order valence-electron chi connectivity index (χ2n) is 2.72. The zero-order chi connectivity index (χ0) is 9.14. The van der Waals surface area contributed by atoms with Crippen molar-refractivity contribution >= 4 is 5.97 Å². The number of nitrogens with two attached hydrogens (primary N) is 1. The van der Waals surface area contributed by atoms with Crippen LogP contribution in [0.15, 0.2) is 18.7 Å². The summed E-state index contributed by atoms with van der Waals surface area (Å²) in [5, 5.41) is 8.50. The lowest BCUT2D eigenvalue weighted by Gasteiger charge is -2.01. The maximum Gasteiger partial charge on any atom is 0.324 e. The van der Waals surface area contributed by atoms with Gasteiger partial charge in [0.15, 0.2) is 0 Å². The van der Waals surface area contributed by atoms with Gasteiger partial charge in [0, 0.05) is 0 Å². The molecule has 1 aromatic heterocycles. The number of hydrogen-bond acceptors (Lipinski definition) is 2. The highest BCUT2D eigenvalue weighted by Gasteiger charge is 2.14. The normalized spacial score (nSPS) is 12.8. The van der Waals surface area contributed by atoms with Crippen LogP contribution in [-0.2, 0) is 18.4 Å². The van der Waals surface area contributed by atoms with Crippen molar-refractivity contribution in [2.45, 2.75) is 12.6 Å². The van der Waals surface area contributed by atoms with Gasteiger partial charge in [-0.1, -0.05) is 0 Å². The molecule has 5 nitrogen and oxygen atoms in total. The number of carbonyl (C=O) groups is 1. The minimum Gasteiger partial charge on any atom is -0.480 e. The van der Waals surface area contributed by atoms with Crippen molar-refractivity contribution in [3.8, 4) is 0 Å². The maximum absolute atomic E-state index is 10.4. The quantitative estimate of drug-likeness (QED) is 0.555. The summed E-state index contributed by atoms with van der Waals surface area (Å²) in [6.07, 6.45) is 5.39. The lowest BCUT2D eigenvalue weighted by molar-refractivity contribution is -0.671. The molecule has 1 heterocycles. The highest BCUT2D eigenvalue weighted by Crippen LogP contribution is 1.88. The van der Waals surface area contributed by atoms with Crippen LogP contribution < -0.4 is 10.3 Å². The third-order valence-electron chi connectivity index (χ3n) is 1.55. The van der Waals surface area contributed by atoms with Crippen molar-refractivity contribution in [3.05, 3.63) is 18.7 Å². The first-order valence-electron chi connectivity index (χ1n) is 3.59. The molecule has 3 N–H and O–H groups in total. The highest BCUT2D eigenvalue weighted by atomic mass is 16.4. The van der Waals surface area contributed by atoms with E-state index in [2.05, 4.69) is 0 Å². The first-order chi connectivity index (χ1) is 5.59. The van der Waals surface area contributed by atoms with Crippen LogP contribution in [0.5, 0.6) is 0 Å². The fraction of sp³-hybridized carbons (Fsp3) is 0.429. The van der Waals surface area contributed by atoms with Crippen LogP contribution in [0, 0.1) is 0 Å². The summed E-state index contributed by atoms with van der Waals surface area (Å²) in [6.45, 7) is 0.302. The van der Waals surface area contributed by atoms with E-state index in [9.17, 15) is 4.79 Å². The first-order valence-corrected chi connectivity index (χ1v) is 3.59. The number of aromatic nitrogens is 2. The summed E-state index contributed by atoms with van der Waals surface area (Å²) < 4.78 is 3.56. The zero-order valence-electron chi connectivity index (χ0n) is 6.84. The molecule has 0 bridgehead atoms. The average molecular weight is 170 g/mol. The van der Waals surface area contributed by atoms with Gasteiger partial charge in [0.1, 0.15) is 25.0 Å². The smallest absolute Gasteiger partial charge is 0.324 e. The van der Waals surface area contributed by atoms with Crippen LogP contribution in [0.3, 0.4) is 0 Å². The second-order valence-corrected chi connectivity index (χ2v) is 2.72. The topological polar surface area (TPSA) is 72.1 Å². The number of carboxylic acids is 1. The molecule has 0 saturated heterocycles. The molecule has 0 spiro atoms. The summed E-state index contributed by atoms with van der Waals surface area (Å²) in [5.41, 5.74) is 5.33. The molecule has 0 aliphatic heterocycles. The predicted molar refractivity (Wildman–Crippen MR) is 41.2 cm³/mol. The Hall–Kier alpha value is -1.36. The van der Waals surface area contributed by atoms with E-state index in [1.54, 1.807) is 17.1 Å². The number of rotatable bonds is 3. The second kappa shape index (κ2) is 3.36. The summed E-state index contributed by atoms with van der Waals surface area (Å²) in [6, 6.07) is -0.836. The van der Waals surface area contributed by atoms with Gasteiger partial charge < -0.3 is 10.8 Å². The Morgan fingerprint density at radius 3 is 2.92 bits per heavy atom. The Morgan fingerprint density at radius 2 is 2.50 bits per heavy atom. The van der Waals surface area contributed by atoms with Crippen molar-refractivity contribution in [1.82, 2.24) is 4.57 Å². The van der Waals surface area contributed by atoms with E-state index < -0.39 is 12.0 Å². The third-order valence-corrected chi connectivity index (χ3v) is 1.55. The number of nitrogens with zero attached hydrogens (tertiary/aromatic N) is 2. The van der Waals surface area contributed by atoms with E-state index in [0.717, 1.165) is 0 Å². The lowest BCUT2D eigenvalue weighted by Crippen LogP contribution is -2.35. The Morgan fingerprint density at radius 1 is 1.83 bits per heavy atom. The minimum absolute atomic E-state index is 0.302. The molecule has 0 fully saturated rings. The van der Waals surface area contributed by atoms with Gasteiger partial charge in [0.2, 0.25) is 6.33 Å². The molecule has 5 heteroatoms. The van der Waals surface area contributed by atoms with Gasteiger partial charge in [0.25, 0.3) is 0 Å². The third kappa shape index (κ3) is 2.06. The lowest BCUT2D eigenvalue weighted by atomic mass is 10.3. The number of aryl methyl sites for hydroxylation is 1. The van der Waals surface area contributed by atoms with Crippen molar-refractivity contribution in [1.29, 1.82) is 0 Å². The zero-order valence-corrected chi connectivity index (χ0v) is 6.84. The monoisotopic (exact) mass is 170 g/mol. The summed E-state index contributed by atoms with van der Waals surface area (Å²) in [7, 11) is 1.86. The average Bonchev–Trinajstić information content (AvgIpc) is 2.35. The molecule has 66 valence electrons. The van der Waals surface area contributed by atoms with Gasteiger partial charge in [-0.25, -0.2) is 9.13 Å². The fourth-order valence-electron chi connectivity index (χ4n) is 0.915. The van der Waals surface area contributed by atoms with Gasteiger partial charge >= 0.3 is 5.97 Å². The molecule has 0 aliphatic carbocycles. The van der Waals surface area contributed by atoms with Crippen LogP contribution in [0.1, 0.15) is 0 Å². The minimum atomic E-state index is -0.980. The van der Waals surface area contributed by atoms with Crippen LogP contribution >= 0.6 is 0 Å². The van der Waals surface area contributed by atoms with Crippen LogP contribution in [0.25, 0.3) is 0 Å². The number of hydrogen-bond donors (Lipinski definition) is 2. The molecule has 1 atom stereocenters. The van der Waals surface area contributed by atoms with E-state index in [4.69, 9.17) is 10.8 Å². The molecule has 0 aromatic carbocycles. The van der Waals surface area contributed by atoms with Crippen LogP contribution in [-0.4, -0.2) is 21.7 Å². The van der Waals surface area contributed by atoms with Crippen LogP contribution in [0.4, 0.5) is 0 Å². The van der Waals surface area contributed by atoms with Gasteiger partial charge in [-0.2, -0.15) is 0 Å². The number of carboxylic acid groups (broad SMARTS) is 1. The standard InChI is InChI=1S/C7H11N3O2/c1-9-2-3-10(5-9)4-6(8)7(11)12/h2-3,5-6H,4,8H2,1H3/p+1/t6-/m0/s1. The summed E-state index contributed by atoms with van der Waals surface area (Å²) in [4.78, 5) is 10.4. The van der Waals surface area contributed by atoms with E-state index in [-0.39, 0.29) is 0 Å². The number of imidazole rings is 1. The maximum atomic E-state index is 10.4. The fourth-order valence-corrected chi connectivity index (χ4v) is 0.915. The molecular formula is C7H12N3O2+.